The molecule has 6 heteroatoms. The van der Waals surface area contributed by atoms with Gasteiger partial charge in [-0.3, -0.25) is 14.8 Å². The predicted octanol–water partition coefficient (Wildman–Crippen LogP) is 1.52. The van der Waals surface area contributed by atoms with Crippen molar-refractivity contribution in [2.24, 2.45) is 5.92 Å². The first-order valence-corrected chi connectivity index (χ1v) is 7.72. The minimum Gasteiger partial charge on any atom is -0.333 e. The van der Waals surface area contributed by atoms with E-state index in [-0.39, 0.29) is 17.1 Å². The molecule has 0 unspecified atom stereocenters. The second-order valence-corrected chi connectivity index (χ2v) is 7.24. The molecule has 6 nitrogen and oxygen atoms in total. The third-order valence-electron chi connectivity index (χ3n) is 3.67. The van der Waals surface area contributed by atoms with Gasteiger partial charge in [0.25, 0.3) is 5.91 Å². The Kier molecular flexibility index (Phi) is 4.66. The second kappa shape index (κ2) is 6.13. The summed E-state index contributed by atoms with van der Waals surface area (Å²) >= 11 is 0. The molecule has 1 fully saturated rings. The number of hydrogen-bond acceptors (Lipinski definition) is 4. The highest BCUT2D eigenvalue weighted by Crippen LogP contribution is 2.18. The zero-order chi connectivity index (χ0) is 15.6. The van der Waals surface area contributed by atoms with Crippen LogP contribution in [0.3, 0.4) is 0 Å². The summed E-state index contributed by atoms with van der Waals surface area (Å²) in [6.07, 6.45) is 0. The maximum Gasteiger partial charge on any atom is 0.293 e. The van der Waals surface area contributed by atoms with Crippen molar-refractivity contribution in [1.29, 1.82) is 0 Å². The van der Waals surface area contributed by atoms with E-state index >= 15 is 0 Å². The molecular formula is C15H27N5O. The monoisotopic (exact) mass is 293 g/mol. The minimum absolute atomic E-state index is 0.0639. The average molecular weight is 293 g/mol. The van der Waals surface area contributed by atoms with E-state index in [0.29, 0.717) is 5.92 Å². The van der Waals surface area contributed by atoms with Crippen LogP contribution < -0.4 is 0 Å². The van der Waals surface area contributed by atoms with Gasteiger partial charge < -0.3 is 4.90 Å². The molecule has 0 radical (unpaired) electrons. The molecule has 1 saturated heterocycles. The number of nitrogens with zero attached hydrogens (tertiary/aromatic N) is 4. The van der Waals surface area contributed by atoms with Crippen molar-refractivity contribution in [1.82, 2.24) is 25.0 Å². The molecule has 1 N–H and O–H groups in total. The molecule has 2 heterocycles. The Labute approximate surface area is 126 Å². The lowest BCUT2D eigenvalue weighted by atomic mass is 9.96. The molecule has 1 amide bonds. The molecule has 0 atom stereocenters. The van der Waals surface area contributed by atoms with E-state index in [1.165, 1.54) is 0 Å². The fraction of sp³-hybridized carbons (Fsp3) is 0.800. The van der Waals surface area contributed by atoms with Gasteiger partial charge in [-0.05, 0) is 5.92 Å². The number of aromatic amines is 1. The van der Waals surface area contributed by atoms with Gasteiger partial charge in [0.1, 0.15) is 5.82 Å². The van der Waals surface area contributed by atoms with Crippen molar-refractivity contribution in [2.45, 2.75) is 40.0 Å². The Hall–Kier alpha value is -1.43. The van der Waals surface area contributed by atoms with Crippen LogP contribution in [-0.2, 0) is 5.41 Å². The lowest BCUT2D eigenvalue weighted by Gasteiger charge is -2.34. The number of piperazine rings is 1. The summed E-state index contributed by atoms with van der Waals surface area (Å²) in [5.74, 6) is 1.64. The highest BCUT2D eigenvalue weighted by molar-refractivity contribution is 5.90. The summed E-state index contributed by atoms with van der Waals surface area (Å²) in [6.45, 7) is 15.1. The third kappa shape index (κ3) is 4.03. The van der Waals surface area contributed by atoms with Gasteiger partial charge in [0.15, 0.2) is 0 Å². The summed E-state index contributed by atoms with van der Waals surface area (Å²) in [6, 6.07) is 0. The first-order chi connectivity index (χ1) is 9.77. The molecule has 21 heavy (non-hydrogen) atoms. The summed E-state index contributed by atoms with van der Waals surface area (Å²) in [5, 5.41) is 6.97. The molecule has 0 aromatic carbocycles. The fourth-order valence-corrected chi connectivity index (χ4v) is 2.48. The van der Waals surface area contributed by atoms with Gasteiger partial charge in [-0.1, -0.05) is 34.6 Å². The van der Waals surface area contributed by atoms with E-state index < -0.39 is 0 Å². The lowest BCUT2D eigenvalue weighted by molar-refractivity contribution is 0.0612. The molecular weight excluding hydrogens is 266 g/mol. The van der Waals surface area contributed by atoms with Crippen LogP contribution in [0.4, 0.5) is 0 Å². The van der Waals surface area contributed by atoms with Gasteiger partial charge in [-0.15, -0.1) is 5.10 Å². The molecule has 0 saturated carbocycles. The number of amides is 1. The topological polar surface area (TPSA) is 65.1 Å². The maximum absolute atomic E-state index is 12.4. The molecule has 0 aliphatic carbocycles. The van der Waals surface area contributed by atoms with Crippen LogP contribution in [0.5, 0.6) is 0 Å². The molecule has 0 bridgehead atoms. The zero-order valence-electron chi connectivity index (χ0n) is 13.8. The SMILES string of the molecule is CC(C)CN1CCN(C(=O)c2n[nH]c(C(C)(C)C)n2)CC1. The molecule has 1 aromatic rings. The normalized spacial score (nSPS) is 17.5. The highest BCUT2D eigenvalue weighted by atomic mass is 16.2. The van der Waals surface area contributed by atoms with Crippen LogP contribution >= 0.6 is 0 Å². The first-order valence-electron chi connectivity index (χ1n) is 7.72. The van der Waals surface area contributed by atoms with Crippen LogP contribution in [0.1, 0.15) is 51.1 Å². The molecule has 1 aliphatic rings. The zero-order valence-corrected chi connectivity index (χ0v) is 13.8. The number of aromatic nitrogens is 3. The van der Waals surface area contributed by atoms with Gasteiger partial charge in [-0.2, -0.15) is 0 Å². The number of rotatable bonds is 3. The Morgan fingerprint density at radius 3 is 2.33 bits per heavy atom. The van der Waals surface area contributed by atoms with Crippen LogP contribution in [0, 0.1) is 5.92 Å². The van der Waals surface area contributed by atoms with E-state index in [9.17, 15) is 4.79 Å². The maximum atomic E-state index is 12.4. The van der Waals surface area contributed by atoms with Crippen molar-refractivity contribution < 1.29 is 4.79 Å². The van der Waals surface area contributed by atoms with Crippen molar-refractivity contribution in [3.63, 3.8) is 0 Å². The number of nitrogens with one attached hydrogen (secondary N) is 1. The molecule has 1 aliphatic heterocycles. The summed E-state index contributed by atoms with van der Waals surface area (Å²) < 4.78 is 0. The van der Waals surface area contributed by atoms with Gasteiger partial charge >= 0.3 is 0 Å². The van der Waals surface area contributed by atoms with Crippen LogP contribution in [-0.4, -0.2) is 63.6 Å². The van der Waals surface area contributed by atoms with Gasteiger partial charge in [0, 0.05) is 38.1 Å². The second-order valence-electron chi connectivity index (χ2n) is 7.24. The van der Waals surface area contributed by atoms with E-state index in [0.717, 1.165) is 38.5 Å². The summed E-state index contributed by atoms with van der Waals surface area (Å²) in [5.41, 5.74) is -0.124. The fourth-order valence-electron chi connectivity index (χ4n) is 2.48. The highest BCUT2D eigenvalue weighted by Gasteiger charge is 2.27. The van der Waals surface area contributed by atoms with Crippen LogP contribution in [0.25, 0.3) is 0 Å². The number of hydrogen-bond donors (Lipinski definition) is 1. The first kappa shape index (κ1) is 15.9. The smallest absolute Gasteiger partial charge is 0.293 e. The quantitative estimate of drug-likeness (QED) is 0.917. The lowest BCUT2D eigenvalue weighted by Crippen LogP contribution is -2.49. The molecule has 118 valence electrons. The third-order valence-corrected chi connectivity index (χ3v) is 3.67. The summed E-state index contributed by atoms with van der Waals surface area (Å²) in [7, 11) is 0. The largest absolute Gasteiger partial charge is 0.333 e. The Bertz CT molecular complexity index is 480. The predicted molar refractivity (Wildman–Crippen MR) is 82.3 cm³/mol. The van der Waals surface area contributed by atoms with E-state index in [1.54, 1.807) is 0 Å². The van der Waals surface area contributed by atoms with Gasteiger partial charge in [-0.25, -0.2) is 4.98 Å². The van der Waals surface area contributed by atoms with Crippen molar-refractivity contribution in [3.8, 4) is 0 Å². The molecule has 0 spiro atoms. The van der Waals surface area contributed by atoms with Gasteiger partial charge in [0.05, 0.1) is 0 Å². The average Bonchev–Trinajstić information content (AvgIpc) is 2.87. The minimum atomic E-state index is -0.124. The number of carbonyl (C=O) groups excluding carboxylic acids is 1. The van der Waals surface area contributed by atoms with Gasteiger partial charge in [0.2, 0.25) is 5.82 Å². The van der Waals surface area contributed by atoms with Crippen molar-refractivity contribution in [2.75, 3.05) is 32.7 Å². The molecule has 2 rings (SSSR count). The van der Waals surface area contributed by atoms with Crippen LogP contribution in [0.2, 0.25) is 0 Å². The van der Waals surface area contributed by atoms with E-state index in [2.05, 4.69) is 33.9 Å². The number of carbonyl (C=O) groups is 1. The summed E-state index contributed by atoms with van der Waals surface area (Å²) in [4.78, 5) is 21.0. The van der Waals surface area contributed by atoms with E-state index in [1.807, 2.05) is 25.7 Å². The van der Waals surface area contributed by atoms with Crippen LogP contribution in [0.15, 0.2) is 0 Å². The Morgan fingerprint density at radius 1 is 1.24 bits per heavy atom. The number of H-pyrrole nitrogens is 1. The van der Waals surface area contributed by atoms with E-state index in [4.69, 9.17) is 0 Å². The Morgan fingerprint density at radius 2 is 1.86 bits per heavy atom. The standard InChI is InChI=1S/C15H27N5O/c1-11(2)10-19-6-8-20(9-7-19)13(21)12-16-14(18-17-12)15(3,4)5/h11H,6-10H2,1-5H3,(H,16,17,18). The van der Waals surface area contributed by atoms with Crippen molar-refractivity contribution >= 4 is 5.91 Å². The Balaban J connectivity index is 1.94. The van der Waals surface area contributed by atoms with Crippen molar-refractivity contribution in [3.05, 3.63) is 11.6 Å². The molecule has 1 aromatic heterocycles.